The summed E-state index contributed by atoms with van der Waals surface area (Å²) in [5.74, 6) is 2.39. The number of hydrogen-bond donors (Lipinski definition) is 2. The van der Waals surface area contributed by atoms with Crippen molar-refractivity contribution < 1.29 is 28.6 Å². The zero-order valence-corrected chi connectivity index (χ0v) is 20.6. The number of aliphatic carboxylic acids is 2. The summed E-state index contributed by atoms with van der Waals surface area (Å²) in [6.45, 7) is 7.08. The van der Waals surface area contributed by atoms with E-state index in [1.165, 1.54) is 0 Å². The Hall–Kier alpha value is -2.50. The largest absolute Gasteiger partial charge is 0.481 e. The van der Waals surface area contributed by atoms with Crippen molar-refractivity contribution in [2.24, 2.45) is 10.8 Å². The maximum absolute atomic E-state index is 11.2. The summed E-state index contributed by atoms with van der Waals surface area (Å²) in [5, 5.41) is 18.4. The lowest BCUT2D eigenvalue weighted by Crippen LogP contribution is -2.23. The van der Waals surface area contributed by atoms with Gasteiger partial charge < -0.3 is 19.0 Å². The fourth-order valence-electron chi connectivity index (χ4n) is 3.77. The standard InChI is InChI=1S/C27H40O6/c1-26(2,24(28)29)18-7-5-10-20-14-16-22(32-20)12-9-13-23-17-15-21(33-23)11-6-8-19-27(3,4)25(30)31/h14-17H,5-13,18-19H2,1-4H3,(H,28,29)(H,30,31). The Morgan fingerprint density at radius 2 is 0.909 bits per heavy atom. The maximum atomic E-state index is 11.2. The second kappa shape index (κ2) is 12.1. The Balaban J connectivity index is 1.63. The summed E-state index contributed by atoms with van der Waals surface area (Å²) < 4.78 is 11.9. The Labute approximate surface area is 197 Å². The van der Waals surface area contributed by atoms with Crippen LogP contribution >= 0.6 is 0 Å². The van der Waals surface area contributed by atoms with Gasteiger partial charge in [0.2, 0.25) is 0 Å². The number of carboxylic acids is 2. The van der Waals surface area contributed by atoms with E-state index in [-0.39, 0.29) is 0 Å². The minimum absolute atomic E-state index is 0.668. The van der Waals surface area contributed by atoms with Gasteiger partial charge in [0.05, 0.1) is 10.8 Å². The summed E-state index contributed by atoms with van der Waals surface area (Å²) >= 11 is 0. The Morgan fingerprint density at radius 3 is 1.21 bits per heavy atom. The summed E-state index contributed by atoms with van der Waals surface area (Å²) in [7, 11) is 0. The van der Waals surface area contributed by atoms with Crippen LogP contribution in [-0.2, 0) is 35.3 Å². The van der Waals surface area contributed by atoms with E-state index in [0.717, 1.165) is 80.8 Å². The minimum atomic E-state index is -0.744. The molecule has 6 nitrogen and oxygen atoms in total. The predicted molar refractivity (Wildman–Crippen MR) is 127 cm³/mol. The van der Waals surface area contributed by atoms with Crippen molar-refractivity contribution in [3.05, 3.63) is 47.3 Å². The van der Waals surface area contributed by atoms with Gasteiger partial charge in [0.1, 0.15) is 23.0 Å². The average molecular weight is 461 g/mol. The normalized spacial score (nSPS) is 12.2. The van der Waals surface area contributed by atoms with Crippen LogP contribution in [0.5, 0.6) is 0 Å². The highest BCUT2D eigenvalue weighted by molar-refractivity contribution is 5.73. The summed E-state index contributed by atoms with van der Waals surface area (Å²) in [4.78, 5) is 22.3. The molecular weight excluding hydrogens is 420 g/mol. The Kier molecular flexibility index (Phi) is 9.81. The van der Waals surface area contributed by atoms with Crippen LogP contribution in [0.1, 0.15) is 95.7 Å². The lowest BCUT2D eigenvalue weighted by atomic mass is 9.87. The van der Waals surface area contributed by atoms with Crippen LogP contribution in [0.2, 0.25) is 0 Å². The highest BCUT2D eigenvalue weighted by Crippen LogP contribution is 2.25. The fourth-order valence-corrected chi connectivity index (χ4v) is 3.77. The monoisotopic (exact) mass is 460 g/mol. The highest BCUT2D eigenvalue weighted by atomic mass is 16.4. The second-order valence-corrected chi connectivity index (χ2v) is 10.4. The van der Waals surface area contributed by atoms with E-state index in [1.807, 2.05) is 24.3 Å². The molecule has 0 spiro atoms. The van der Waals surface area contributed by atoms with Crippen LogP contribution in [0.25, 0.3) is 0 Å². The maximum Gasteiger partial charge on any atom is 0.309 e. The van der Waals surface area contributed by atoms with E-state index in [9.17, 15) is 19.8 Å². The van der Waals surface area contributed by atoms with Crippen LogP contribution < -0.4 is 0 Å². The number of carboxylic acid groups (broad SMARTS) is 2. The SMILES string of the molecule is CC(C)(CCCCc1ccc(CCCc2ccc(CCCCC(C)(C)C(=O)O)o2)o1)C(=O)O. The second-order valence-electron chi connectivity index (χ2n) is 10.4. The minimum Gasteiger partial charge on any atom is -0.481 e. The van der Waals surface area contributed by atoms with Crippen LogP contribution in [-0.4, -0.2) is 22.2 Å². The molecule has 6 heteroatoms. The average Bonchev–Trinajstić information content (AvgIpc) is 3.38. The van der Waals surface area contributed by atoms with E-state index in [1.54, 1.807) is 27.7 Å². The van der Waals surface area contributed by atoms with Crippen LogP contribution in [0, 0.1) is 10.8 Å². The molecule has 0 fully saturated rings. The zero-order chi connectivity index (χ0) is 24.5. The Morgan fingerprint density at radius 1 is 0.606 bits per heavy atom. The summed E-state index contributed by atoms with van der Waals surface area (Å²) in [6.07, 6.45) is 9.24. The lowest BCUT2D eigenvalue weighted by molar-refractivity contribution is -0.148. The first-order chi connectivity index (χ1) is 15.5. The van der Waals surface area contributed by atoms with Crippen molar-refractivity contribution in [2.45, 2.75) is 98.3 Å². The third-order valence-electron chi connectivity index (χ3n) is 6.39. The van der Waals surface area contributed by atoms with E-state index in [4.69, 9.17) is 8.83 Å². The van der Waals surface area contributed by atoms with Gasteiger partial charge in [-0.1, -0.05) is 12.8 Å². The number of rotatable bonds is 16. The van der Waals surface area contributed by atoms with Crippen molar-refractivity contribution in [3.63, 3.8) is 0 Å². The van der Waals surface area contributed by atoms with Crippen LogP contribution in [0.15, 0.2) is 33.1 Å². The number of carbonyl (C=O) groups is 2. The molecule has 0 saturated heterocycles. The van der Waals surface area contributed by atoms with Gasteiger partial charge in [0, 0.05) is 25.7 Å². The molecule has 0 radical (unpaired) electrons. The first-order valence-corrected chi connectivity index (χ1v) is 12.1. The number of unbranched alkanes of at least 4 members (excludes halogenated alkanes) is 2. The molecule has 2 rings (SSSR count). The van der Waals surface area contributed by atoms with Crippen molar-refractivity contribution in [1.29, 1.82) is 0 Å². The molecule has 2 N–H and O–H groups in total. The lowest BCUT2D eigenvalue weighted by Gasteiger charge is -2.18. The molecule has 0 aromatic carbocycles. The summed E-state index contributed by atoms with van der Waals surface area (Å²) in [6, 6.07) is 8.11. The van der Waals surface area contributed by atoms with E-state index in [0.29, 0.717) is 12.8 Å². The molecule has 0 bridgehead atoms. The van der Waals surface area contributed by atoms with Gasteiger partial charge in [-0.25, -0.2) is 0 Å². The third-order valence-corrected chi connectivity index (χ3v) is 6.39. The van der Waals surface area contributed by atoms with Gasteiger partial charge in [-0.05, 0) is 84.1 Å². The van der Waals surface area contributed by atoms with E-state index < -0.39 is 22.8 Å². The van der Waals surface area contributed by atoms with Crippen LogP contribution in [0.3, 0.4) is 0 Å². The van der Waals surface area contributed by atoms with Crippen molar-refractivity contribution in [2.75, 3.05) is 0 Å². The molecule has 0 saturated carbocycles. The van der Waals surface area contributed by atoms with Gasteiger partial charge in [0.15, 0.2) is 0 Å². The topological polar surface area (TPSA) is 101 Å². The first-order valence-electron chi connectivity index (χ1n) is 12.1. The molecule has 0 aliphatic rings. The smallest absolute Gasteiger partial charge is 0.309 e. The Bertz CT molecular complexity index is 814. The molecule has 184 valence electrons. The number of aryl methyl sites for hydroxylation is 4. The third kappa shape index (κ3) is 9.10. The molecule has 2 aromatic rings. The van der Waals surface area contributed by atoms with Crippen molar-refractivity contribution in [1.82, 2.24) is 0 Å². The van der Waals surface area contributed by atoms with Gasteiger partial charge in [0.25, 0.3) is 0 Å². The van der Waals surface area contributed by atoms with Crippen molar-refractivity contribution in [3.8, 4) is 0 Å². The van der Waals surface area contributed by atoms with Gasteiger partial charge >= 0.3 is 11.9 Å². The number of furan rings is 2. The molecule has 0 aliphatic heterocycles. The summed E-state index contributed by atoms with van der Waals surface area (Å²) in [5.41, 5.74) is -1.34. The molecule has 0 aliphatic carbocycles. The molecule has 2 heterocycles. The zero-order valence-electron chi connectivity index (χ0n) is 20.6. The predicted octanol–water partition coefficient (Wildman–Crippen LogP) is 6.70. The quantitative estimate of drug-likeness (QED) is 0.270. The fraction of sp³-hybridized carbons (Fsp3) is 0.630. The first kappa shape index (κ1) is 26.7. The van der Waals surface area contributed by atoms with E-state index in [2.05, 4.69) is 0 Å². The number of hydrogen-bond acceptors (Lipinski definition) is 4. The van der Waals surface area contributed by atoms with Crippen molar-refractivity contribution >= 4 is 11.9 Å². The van der Waals surface area contributed by atoms with E-state index >= 15 is 0 Å². The van der Waals surface area contributed by atoms with Crippen LogP contribution in [0.4, 0.5) is 0 Å². The highest BCUT2D eigenvalue weighted by Gasteiger charge is 2.26. The molecule has 0 atom stereocenters. The molecule has 33 heavy (non-hydrogen) atoms. The molecule has 2 aromatic heterocycles. The molecule has 0 unspecified atom stereocenters. The van der Waals surface area contributed by atoms with Gasteiger partial charge in [-0.15, -0.1) is 0 Å². The molecular formula is C27H40O6. The molecule has 0 amide bonds. The van der Waals surface area contributed by atoms with Gasteiger partial charge in [-0.3, -0.25) is 9.59 Å². The van der Waals surface area contributed by atoms with Gasteiger partial charge in [-0.2, -0.15) is 0 Å².